The summed E-state index contributed by atoms with van der Waals surface area (Å²) >= 11 is 2.27. The predicted octanol–water partition coefficient (Wildman–Crippen LogP) is 5.64. The largest absolute Gasteiger partial charge is 0.469 e. The Kier molecular flexibility index (Phi) is 10.1. The molecule has 2 rings (SSSR count). The van der Waals surface area contributed by atoms with Gasteiger partial charge in [0.05, 0.1) is 19.3 Å². The highest BCUT2D eigenvalue weighted by Gasteiger charge is 2.55. The number of unbranched alkanes of at least 4 members (excludes halogenated alkanes) is 1. The molecule has 0 amide bonds. The summed E-state index contributed by atoms with van der Waals surface area (Å²) in [7, 11) is 1.39. The quantitative estimate of drug-likeness (QED) is 0.160. The number of ether oxygens (including phenoxy) is 2. The minimum Gasteiger partial charge on any atom is -0.469 e. The summed E-state index contributed by atoms with van der Waals surface area (Å²) in [5, 5.41) is 10.7. The third-order valence-electron chi connectivity index (χ3n) is 7.08. The van der Waals surface area contributed by atoms with E-state index < -0.39 is 18.4 Å². The Bertz CT molecular complexity index is 582. The topological polar surface area (TPSA) is 55.8 Å². The lowest BCUT2D eigenvalue weighted by Gasteiger charge is -2.29. The third-order valence-corrected chi connectivity index (χ3v) is 8.42. The molecule has 0 aromatic rings. The number of carbonyl (C=O) groups is 1. The molecule has 4 nitrogen and oxygen atoms in total. The van der Waals surface area contributed by atoms with Gasteiger partial charge in [0, 0.05) is 16.3 Å². The van der Waals surface area contributed by atoms with Crippen LogP contribution in [0.25, 0.3) is 0 Å². The number of aliphatic hydroxyl groups excluding tert-OH is 1. The van der Waals surface area contributed by atoms with E-state index in [1.54, 1.807) is 0 Å². The maximum atomic E-state index is 15.5. The molecule has 0 radical (unpaired) electrons. The van der Waals surface area contributed by atoms with Gasteiger partial charge in [-0.2, -0.15) is 0 Å². The lowest BCUT2D eigenvalue weighted by atomic mass is 9.79. The number of carbonyl (C=O) groups excluding carboxylic acids is 1. The Morgan fingerprint density at radius 2 is 2.10 bits per heavy atom. The molecule has 1 N–H and O–H groups in total. The van der Waals surface area contributed by atoms with Crippen LogP contribution in [0.2, 0.25) is 0 Å². The predicted molar refractivity (Wildman–Crippen MR) is 126 cm³/mol. The van der Waals surface area contributed by atoms with E-state index in [0.717, 1.165) is 32.1 Å². The number of halogens is 2. The van der Waals surface area contributed by atoms with Crippen LogP contribution in [-0.2, 0) is 14.3 Å². The van der Waals surface area contributed by atoms with Crippen LogP contribution >= 0.6 is 22.6 Å². The Morgan fingerprint density at radius 1 is 1.40 bits per heavy atom. The number of esters is 1. The maximum Gasteiger partial charge on any atom is 0.305 e. The van der Waals surface area contributed by atoms with Crippen LogP contribution < -0.4 is 0 Å². The first-order chi connectivity index (χ1) is 14.1. The number of fused-ring (bicyclic) bond motifs is 1. The fraction of sp³-hybridized carbons (Fsp3) is 0.875. The minimum absolute atomic E-state index is 0.0337. The van der Waals surface area contributed by atoms with Crippen molar-refractivity contribution in [1.29, 1.82) is 0 Å². The van der Waals surface area contributed by atoms with Crippen molar-refractivity contribution in [3.63, 3.8) is 0 Å². The van der Waals surface area contributed by atoms with Gasteiger partial charge >= 0.3 is 5.97 Å². The van der Waals surface area contributed by atoms with Gasteiger partial charge in [0.25, 0.3) is 0 Å². The van der Waals surface area contributed by atoms with E-state index in [1.807, 2.05) is 6.08 Å². The van der Waals surface area contributed by atoms with Gasteiger partial charge in [-0.15, -0.1) is 0 Å². The van der Waals surface area contributed by atoms with Gasteiger partial charge in [-0.25, -0.2) is 4.39 Å². The lowest BCUT2D eigenvalue weighted by molar-refractivity contribution is -0.140. The van der Waals surface area contributed by atoms with Crippen LogP contribution in [0.4, 0.5) is 4.39 Å². The van der Waals surface area contributed by atoms with E-state index in [1.165, 1.54) is 7.11 Å². The van der Waals surface area contributed by atoms with E-state index >= 15 is 4.39 Å². The van der Waals surface area contributed by atoms with Crippen molar-refractivity contribution < 1.29 is 23.8 Å². The zero-order valence-corrected chi connectivity index (χ0v) is 21.3. The van der Waals surface area contributed by atoms with E-state index in [2.05, 4.69) is 61.1 Å². The van der Waals surface area contributed by atoms with Crippen molar-refractivity contribution in [2.24, 2.45) is 23.2 Å². The average molecular weight is 538 g/mol. The second-order valence-electron chi connectivity index (χ2n) is 9.86. The smallest absolute Gasteiger partial charge is 0.305 e. The molecule has 174 valence electrons. The standard InChI is InChI=1S/C24H40FIO4/c1-6-7-13-24(3,4)19(27)12-11-16-15(2)14-18-21(16)22(25)23(30-18)17(26)9-8-10-20(28)29-5/h11-12,15-19,21-23,27H,6-10,13-14H2,1-5H3/t15-,16+,17?,18+,19-,21-,22+,23?/m1/s1. The number of hydrogen-bond donors (Lipinski definition) is 1. The van der Waals surface area contributed by atoms with E-state index in [-0.39, 0.29) is 33.2 Å². The van der Waals surface area contributed by atoms with Crippen LogP contribution in [0.3, 0.4) is 0 Å². The van der Waals surface area contributed by atoms with E-state index in [0.29, 0.717) is 18.8 Å². The molecule has 1 saturated heterocycles. The third kappa shape index (κ3) is 6.41. The zero-order chi connectivity index (χ0) is 22.5. The molecule has 2 fully saturated rings. The number of allylic oxidation sites excluding steroid dienone is 1. The number of aliphatic hydroxyl groups is 1. The molecule has 0 aromatic heterocycles. The molecular formula is C24H40FIO4. The van der Waals surface area contributed by atoms with Crippen LogP contribution in [0.1, 0.15) is 72.6 Å². The molecule has 1 heterocycles. The molecule has 0 bridgehead atoms. The fourth-order valence-corrected chi connectivity index (χ4v) is 5.96. The van der Waals surface area contributed by atoms with Gasteiger partial charge in [0.2, 0.25) is 0 Å². The number of rotatable bonds is 11. The van der Waals surface area contributed by atoms with Crippen LogP contribution in [0.15, 0.2) is 12.2 Å². The van der Waals surface area contributed by atoms with Gasteiger partial charge < -0.3 is 14.6 Å². The molecule has 1 saturated carbocycles. The molecule has 0 spiro atoms. The van der Waals surface area contributed by atoms with Crippen molar-refractivity contribution >= 4 is 28.6 Å². The summed E-state index contributed by atoms with van der Waals surface area (Å²) in [6.45, 7) is 8.51. The van der Waals surface area contributed by atoms with Gasteiger partial charge in [-0.05, 0) is 42.9 Å². The first kappa shape index (κ1) is 26.0. The number of hydrogen-bond acceptors (Lipinski definition) is 4. The Morgan fingerprint density at radius 3 is 2.73 bits per heavy atom. The summed E-state index contributed by atoms with van der Waals surface area (Å²) in [4.78, 5) is 11.3. The number of alkyl halides is 2. The summed E-state index contributed by atoms with van der Waals surface area (Å²) in [6.07, 6.45) is 7.76. The van der Waals surface area contributed by atoms with Crippen LogP contribution in [0, 0.1) is 23.2 Å². The zero-order valence-electron chi connectivity index (χ0n) is 19.2. The van der Waals surface area contributed by atoms with Crippen LogP contribution in [0.5, 0.6) is 0 Å². The monoisotopic (exact) mass is 538 g/mol. The van der Waals surface area contributed by atoms with Gasteiger partial charge in [0.1, 0.15) is 12.3 Å². The van der Waals surface area contributed by atoms with Gasteiger partial charge in [0.15, 0.2) is 0 Å². The lowest BCUT2D eigenvalue weighted by Crippen LogP contribution is -2.33. The molecule has 6 heteroatoms. The summed E-state index contributed by atoms with van der Waals surface area (Å²) in [5.74, 6) is 0.0582. The normalized spacial score (nSPS) is 33.6. The molecule has 0 aromatic carbocycles. The summed E-state index contributed by atoms with van der Waals surface area (Å²) < 4.78 is 26.4. The maximum absolute atomic E-state index is 15.5. The van der Waals surface area contributed by atoms with E-state index in [9.17, 15) is 9.90 Å². The second-order valence-corrected chi connectivity index (χ2v) is 11.5. The van der Waals surface area contributed by atoms with Gasteiger partial charge in [-0.3, -0.25) is 4.79 Å². The first-order valence-electron chi connectivity index (χ1n) is 11.5. The Hall–Kier alpha value is -0.210. The molecular weight excluding hydrogens is 498 g/mol. The molecule has 2 unspecified atom stereocenters. The van der Waals surface area contributed by atoms with Crippen molar-refractivity contribution in [3.8, 4) is 0 Å². The highest BCUT2D eigenvalue weighted by molar-refractivity contribution is 14.1. The SMILES string of the molecule is CCCCC(C)(C)[C@H](O)C=C[C@@H]1[C@@H]2[C@H](C[C@H]1C)OC(C(I)CCCC(=O)OC)[C@H]2F. The minimum atomic E-state index is -1.01. The van der Waals surface area contributed by atoms with Crippen LogP contribution in [-0.4, -0.2) is 46.6 Å². The number of methoxy groups -OCH3 is 1. The Balaban J connectivity index is 1.97. The average Bonchev–Trinajstić information content (AvgIpc) is 3.19. The second kappa shape index (κ2) is 11.6. The molecule has 1 aliphatic carbocycles. The molecule has 2 aliphatic rings. The van der Waals surface area contributed by atoms with Crippen molar-refractivity contribution in [3.05, 3.63) is 12.2 Å². The highest BCUT2D eigenvalue weighted by Crippen LogP contribution is 2.50. The fourth-order valence-electron chi connectivity index (χ4n) is 4.95. The van der Waals surface area contributed by atoms with Gasteiger partial charge in [-0.1, -0.05) is 75.3 Å². The highest BCUT2D eigenvalue weighted by atomic mass is 127. The van der Waals surface area contributed by atoms with E-state index in [4.69, 9.17) is 4.74 Å². The molecule has 1 aliphatic heterocycles. The van der Waals surface area contributed by atoms with Crippen molar-refractivity contribution in [2.45, 2.75) is 101 Å². The summed E-state index contributed by atoms with van der Waals surface area (Å²) in [5.41, 5.74) is -0.176. The molecule has 8 atom stereocenters. The summed E-state index contributed by atoms with van der Waals surface area (Å²) in [6, 6.07) is 0. The Labute approximate surface area is 195 Å². The molecule has 30 heavy (non-hydrogen) atoms. The van der Waals surface area contributed by atoms with Crippen molar-refractivity contribution in [2.75, 3.05) is 7.11 Å². The van der Waals surface area contributed by atoms with Crippen molar-refractivity contribution in [1.82, 2.24) is 0 Å². The first-order valence-corrected chi connectivity index (χ1v) is 12.7.